The van der Waals surface area contributed by atoms with Crippen LogP contribution in [0, 0.1) is 0 Å². The molecule has 1 saturated heterocycles. The first-order chi connectivity index (χ1) is 12.8. The number of rotatable bonds is 4. The summed E-state index contributed by atoms with van der Waals surface area (Å²) in [6.07, 6.45) is 3.33. The summed E-state index contributed by atoms with van der Waals surface area (Å²) < 4.78 is 12.2. The summed E-state index contributed by atoms with van der Waals surface area (Å²) >= 11 is 0. The maximum atomic E-state index is 12.2. The van der Waals surface area contributed by atoms with Crippen molar-refractivity contribution in [2.24, 2.45) is 0 Å². The van der Waals surface area contributed by atoms with E-state index in [0.717, 1.165) is 29.3 Å². The first-order valence-corrected chi connectivity index (χ1v) is 9.07. The third kappa shape index (κ3) is 4.50. The zero-order valence-electron chi connectivity index (χ0n) is 16.0. The van der Waals surface area contributed by atoms with Gasteiger partial charge < -0.3 is 20.1 Å². The van der Waals surface area contributed by atoms with Gasteiger partial charge in [-0.3, -0.25) is 9.48 Å². The Bertz CT molecular complexity index is 832. The topological polar surface area (TPSA) is 99.7 Å². The van der Waals surface area contributed by atoms with Crippen LogP contribution >= 0.6 is 0 Å². The molecule has 1 aliphatic rings. The second kappa shape index (κ2) is 7.46. The molecule has 0 unspecified atom stereocenters. The number of ether oxygens (including phenoxy) is 2. The largest absolute Gasteiger partial charge is 0.463 e. The van der Waals surface area contributed by atoms with Crippen molar-refractivity contribution in [2.75, 3.05) is 18.8 Å². The summed E-state index contributed by atoms with van der Waals surface area (Å²) in [6, 6.07) is 3.91. The fraction of sp³-hybridized carbons (Fsp3) is 0.526. The lowest BCUT2D eigenvalue weighted by atomic mass is 10.1. The number of benzene rings is 1. The van der Waals surface area contributed by atoms with Crippen LogP contribution in [0.4, 0.5) is 10.5 Å². The minimum absolute atomic E-state index is 0.131. The number of nitrogens with two attached hydrogens (primary N) is 1. The average molecular weight is 374 g/mol. The quantitative estimate of drug-likeness (QED) is 0.652. The number of amides is 1. The van der Waals surface area contributed by atoms with Crippen molar-refractivity contribution in [1.29, 1.82) is 0 Å². The molecule has 146 valence electrons. The van der Waals surface area contributed by atoms with Crippen molar-refractivity contribution < 1.29 is 19.1 Å². The molecule has 3 rings (SSSR count). The predicted octanol–water partition coefficient (Wildman–Crippen LogP) is 2.86. The number of carbonyl (C=O) groups is 2. The Labute approximate surface area is 158 Å². The zero-order valence-corrected chi connectivity index (χ0v) is 16.0. The van der Waals surface area contributed by atoms with Crippen molar-refractivity contribution in [2.45, 2.75) is 51.9 Å². The second-order valence-corrected chi connectivity index (χ2v) is 7.82. The smallest absolute Gasteiger partial charge is 0.410 e. The highest BCUT2D eigenvalue weighted by molar-refractivity contribution is 5.83. The molecule has 1 aromatic carbocycles. The molecule has 1 aliphatic heterocycles. The summed E-state index contributed by atoms with van der Waals surface area (Å²) in [6.45, 7) is 7.41. The van der Waals surface area contributed by atoms with Crippen LogP contribution < -0.4 is 5.73 Å². The predicted molar refractivity (Wildman–Crippen MR) is 101 cm³/mol. The van der Waals surface area contributed by atoms with E-state index in [1.54, 1.807) is 4.90 Å². The van der Waals surface area contributed by atoms with Crippen LogP contribution in [0.1, 0.15) is 45.2 Å². The molecule has 27 heavy (non-hydrogen) atoms. The van der Waals surface area contributed by atoms with Gasteiger partial charge in [-0.2, -0.15) is 5.10 Å². The molecule has 1 aromatic heterocycles. The molecule has 0 aliphatic carbocycles. The Kier molecular flexibility index (Phi) is 5.25. The van der Waals surface area contributed by atoms with Gasteiger partial charge in [-0.1, -0.05) is 0 Å². The van der Waals surface area contributed by atoms with E-state index < -0.39 is 5.60 Å². The van der Waals surface area contributed by atoms with Gasteiger partial charge in [-0.15, -0.1) is 0 Å². The number of piperidine rings is 1. The summed E-state index contributed by atoms with van der Waals surface area (Å²) in [7, 11) is 0. The Morgan fingerprint density at radius 3 is 2.67 bits per heavy atom. The Balaban J connectivity index is 1.68. The van der Waals surface area contributed by atoms with E-state index in [2.05, 4.69) is 5.10 Å². The molecule has 8 nitrogen and oxygen atoms in total. The van der Waals surface area contributed by atoms with Gasteiger partial charge in [0.25, 0.3) is 6.47 Å². The second-order valence-electron chi connectivity index (χ2n) is 7.82. The van der Waals surface area contributed by atoms with Crippen LogP contribution in [0.25, 0.3) is 10.9 Å². The molecular formula is C19H26N4O4. The molecule has 0 spiro atoms. The van der Waals surface area contributed by atoms with Gasteiger partial charge in [0.2, 0.25) is 0 Å². The minimum Gasteiger partial charge on any atom is -0.463 e. The number of fused-ring (bicyclic) bond motifs is 1. The molecule has 2 aromatic rings. The van der Waals surface area contributed by atoms with Gasteiger partial charge in [-0.05, 0) is 45.7 Å². The van der Waals surface area contributed by atoms with Gasteiger partial charge in [-0.25, -0.2) is 4.79 Å². The Morgan fingerprint density at radius 2 is 2.04 bits per heavy atom. The lowest BCUT2D eigenvalue weighted by Crippen LogP contribution is -2.42. The number of carbonyl (C=O) groups excluding carboxylic acids is 2. The van der Waals surface area contributed by atoms with Crippen molar-refractivity contribution in [3.8, 4) is 0 Å². The number of nitrogen functional groups attached to an aromatic ring is 1. The standard InChI is InChI=1S/C19H26N4O4/c1-19(2,3)27-18(25)22-6-4-15(5-7-22)23-10-13-8-16(20)14(11-26-12-24)9-17(13)21-23/h8-10,12,15H,4-7,11,20H2,1-3H3. The number of nitrogens with zero attached hydrogens (tertiary/aromatic N) is 3. The van der Waals surface area contributed by atoms with Crippen molar-refractivity contribution >= 4 is 29.2 Å². The highest BCUT2D eigenvalue weighted by Crippen LogP contribution is 2.27. The van der Waals surface area contributed by atoms with Crippen LogP contribution in [0.15, 0.2) is 18.3 Å². The van der Waals surface area contributed by atoms with Gasteiger partial charge in [0.1, 0.15) is 12.2 Å². The van der Waals surface area contributed by atoms with Crippen LogP contribution in [-0.4, -0.2) is 45.9 Å². The first kappa shape index (κ1) is 19.0. The van der Waals surface area contributed by atoms with Gasteiger partial charge in [0.05, 0.1) is 11.6 Å². The molecule has 0 radical (unpaired) electrons. The highest BCUT2D eigenvalue weighted by Gasteiger charge is 2.28. The number of hydrogen-bond acceptors (Lipinski definition) is 6. The van der Waals surface area contributed by atoms with E-state index in [4.69, 9.17) is 15.2 Å². The fourth-order valence-electron chi connectivity index (χ4n) is 3.23. The molecule has 0 atom stereocenters. The Hall–Kier alpha value is -2.77. The van der Waals surface area contributed by atoms with E-state index in [1.165, 1.54) is 0 Å². The normalized spacial score (nSPS) is 15.7. The van der Waals surface area contributed by atoms with E-state index in [0.29, 0.717) is 25.2 Å². The van der Waals surface area contributed by atoms with Crippen molar-refractivity contribution in [3.05, 3.63) is 23.9 Å². The fourth-order valence-corrected chi connectivity index (χ4v) is 3.23. The summed E-state index contributed by atoms with van der Waals surface area (Å²) in [5.74, 6) is 0. The van der Waals surface area contributed by atoms with Gasteiger partial charge >= 0.3 is 6.09 Å². The van der Waals surface area contributed by atoms with E-state index >= 15 is 0 Å². The Morgan fingerprint density at radius 1 is 1.33 bits per heavy atom. The average Bonchev–Trinajstić information content (AvgIpc) is 3.01. The van der Waals surface area contributed by atoms with Crippen molar-refractivity contribution in [1.82, 2.24) is 14.7 Å². The SMILES string of the molecule is CC(C)(C)OC(=O)N1CCC(n2cc3cc(N)c(COC=O)cc3n2)CC1. The van der Waals surface area contributed by atoms with E-state index in [-0.39, 0.29) is 18.7 Å². The molecule has 0 saturated carbocycles. The maximum Gasteiger partial charge on any atom is 0.410 e. The van der Waals surface area contributed by atoms with Crippen LogP contribution in [-0.2, 0) is 20.9 Å². The molecule has 1 fully saturated rings. The molecular weight excluding hydrogens is 348 g/mol. The van der Waals surface area contributed by atoms with Crippen LogP contribution in [0.3, 0.4) is 0 Å². The number of anilines is 1. The van der Waals surface area contributed by atoms with Gasteiger partial charge in [0, 0.05) is 35.9 Å². The monoisotopic (exact) mass is 374 g/mol. The van der Waals surface area contributed by atoms with Crippen LogP contribution in [0.2, 0.25) is 0 Å². The van der Waals surface area contributed by atoms with Crippen LogP contribution in [0.5, 0.6) is 0 Å². The number of likely N-dealkylation sites (tertiary alicyclic amines) is 1. The molecule has 0 bridgehead atoms. The third-order valence-corrected chi connectivity index (χ3v) is 4.58. The molecule has 1 amide bonds. The number of hydrogen-bond donors (Lipinski definition) is 1. The zero-order chi connectivity index (χ0) is 19.6. The minimum atomic E-state index is -0.487. The molecule has 8 heteroatoms. The van der Waals surface area contributed by atoms with E-state index in [9.17, 15) is 9.59 Å². The highest BCUT2D eigenvalue weighted by atomic mass is 16.6. The molecule has 2 heterocycles. The van der Waals surface area contributed by atoms with Gasteiger partial charge in [0.15, 0.2) is 0 Å². The first-order valence-electron chi connectivity index (χ1n) is 9.07. The lowest BCUT2D eigenvalue weighted by Gasteiger charge is -2.33. The summed E-state index contributed by atoms with van der Waals surface area (Å²) in [4.78, 5) is 24.3. The van der Waals surface area contributed by atoms with E-state index in [1.807, 2.05) is 43.8 Å². The van der Waals surface area contributed by atoms with Crippen molar-refractivity contribution in [3.63, 3.8) is 0 Å². The molecule has 2 N–H and O–H groups in total. The maximum absolute atomic E-state index is 12.2. The third-order valence-electron chi connectivity index (χ3n) is 4.58. The summed E-state index contributed by atoms with van der Waals surface area (Å²) in [5.41, 5.74) is 7.66. The summed E-state index contributed by atoms with van der Waals surface area (Å²) in [5, 5.41) is 5.60. The number of aromatic nitrogens is 2. The lowest BCUT2D eigenvalue weighted by molar-refractivity contribution is -0.129.